The molecule has 4 heteroatoms. The molecule has 21 heavy (non-hydrogen) atoms. The van der Waals surface area contributed by atoms with E-state index in [0.717, 1.165) is 5.56 Å². The van der Waals surface area contributed by atoms with Gasteiger partial charge >= 0.3 is 5.97 Å². The van der Waals surface area contributed by atoms with Gasteiger partial charge in [0.05, 0.1) is 5.56 Å². The number of benzene rings is 2. The van der Waals surface area contributed by atoms with Crippen molar-refractivity contribution in [2.45, 2.75) is 0 Å². The zero-order valence-corrected chi connectivity index (χ0v) is 10.9. The van der Waals surface area contributed by atoms with Crippen molar-refractivity contribution >= 4 is 12.0 Å². The number of hydrogen-bond donors (Lipinski definition) is 1. The van der Waals surface area contributed by atoms with Gasteiger partial charge in [-0.2, -0.15) is 10.5 Å². The second-order valence-electron chi connectivity index (χ2n) is 4.25. The van der Waals surface area contributed by atoms with Crippen LogP contribution in [0.5, 0.6) is 0 Å². The fraction of sp³-hybridized carbons (Fsp3) is 0. The number of hydrogen-bond acceptors (Lipinski definition) is 3. The number of allylic oxidation sites excluding steroid dienone is 1. The van der Waals surface area contributed by atoms with Crippen molar-refractivity contribution in [1.29, 1.82) is 10.5 Å². The Morgan fingerprint density at radius 1 is 1.00 bits per heavy atom. The molecule has 0 aliphatic heterocycles. The van der Waals surface area contributed by atoms with Crippen molar-refractivity contribution in [3.05, 3.63) is 65.2 Å². The zero-order valence-electron chi connectivity index (χ0n) is 10.9. The third-order valence-corrected chi connectivity index (χ3v) is 2.93. The topological polar surface area (TPSA) is 84.9 Å². The fourth-order valence-corrected chi connectivity index (χ4v) is 1.94. The standard InChI is InChI=1S/C17H10N2O2/c18-10-13(11-19)9-12-5-7-14(8-6-12)15-3-1-2-4-16(15)17(20)21/h1-9H,(H,20,21). The molecule has 2 rings (SSSR count). The Morgan fingerprint density at radius 3 is 2.19 bits per heavy atom. The Hall–Kier alpha value is -3.37. The summed E-state index contributed by atoms with van der Waals surface area (Å²) in [7, 11) is 0. The van der Waals surface area contributed by atoms with E-state index in [-0.39, 0.29) is 11.1 Å². The van der Waals surface area contributed by atoms with Gasteiger partial charge in [-0.3, -0.25) is 0 Å². The van der Waals surface area contributed by atoms with Crippen LogP contribution in [0.3, 0.4) is 0 Å². The van der Waals surface area contributed by atoms with Crippen LogP contribution < -0.4 is 0 Å². The van der Waals surface area contributed by atoms with E-state index in [0.29, 0.717) is 11.1 Å². The van der Waals surface area contributed by atoms with Crippen LogP contribution in [0.15, 0.2) is 54.1 Å². The number of rotatable bonds is 3. The molecule has 0 heterocycles. The molecule has 2 aromatic rings. The molecule has 0 radical (unpaired) electrons. The second kappa shape index (κ2) is 6.18. The Balaban J connectivity index is 2.42. The minimum atomic E-state index is -0.981. The Morgan fingerprint density at radius 2 is 1.62 bits per heavy atom. The Bertz CT molecular complexity index is 775. The van der Waals surface area contributed by atoms with E-state index < -0.39 is 5.97 Å². The lowest BCUT2D eigenvalue weighted by molar-refractivity contribution is 0.0697. The molecule has 1 N–H and O–H groups in total. The van der Waals surface area contributed by atoms with Crippen LogP contribution in [-0.2, 0) is 0 Å². The smallest absolute Gasteiger partial charge is 0.336 e. The maximum absolute atomic E-state index is 11.2. The highest BCUT2D eigenvalue weighted by Crippen LogP contribution is 2.24. The highest BCUT2D eigenvalue weighted by atomic mass is 16.4. The van der Waals surface area contributed by atoms with Gasteiger partial charge in [0.2, 0.25) is 0 Å². The molecule has 0 saturated heterocycles. The number of nitrogens with zero attached hydrogens (tertiary/aromatic N) is 2. The van der Waals surface area contributed by atoms with Gasteiger partial charge in [0, 0.05) is 0 Å². The number of carboxylic acids is 1. The summed E-state index contributed by atoms with van der Waals surface area (Å²) in [6.45, 7) is 0. The SMILES string of the molecule is N#CC(C#N)=Cc1ccc(-c2ccccc2C(=O)O)cc1. The van der Waals surface area contributed by atoms with Crippen molar-refractivity contribution in [2.24, 2.45) is 0 Å². The van der Waals surface area contributed by atoms with Gasteiger partial charge < -0.3 is 5.11 Å². The molecule has 0 aliphatic carbocycles. The average Bonchev–Trinajstić information content (AvgIpc) is 2.53. The molecule has 4 nitrogen and oxygen atoms in total. The summed E-state index contributed by atoms with van der Waals surface area (Å²) in [6.07, 6.45) is 1.48. The van der Waals surface area contributed by atoms with Crippen molar-refractivity contribution in [3.63, 3.8) is 0 Å². The van der Waals surface area contributed by atoms with Crippen LogP contribution in [0.4, 0.5) is 0 Å². The molecular formula is C17H10N2O2. The Kier molecular flexibility index (Phi) is 4.14. The quantitative estimate of drug-likeness (QED) is 0.868. The number of carboxylic acid groups (broad SMARTS) is 1. The second-order valence-corrected chi connectivity index (χ2v) is 4.25. The van der Waals surface area contributed by atoms with Crippen molar-refractivity contribution in [3.8, 4) is 23.3 Å². The van der Waals surface area contributed by atoms with Crippen LogP contribution in [0.2, 0.25) is 0 Å². The lowest BCUT2D eigenvalue weighted by Gasteiger charge is -2.06. The molecule has 100 valence electrons. The lowest BCUT2D eigenvalue weighted by Crippen LogP contribution is -1.98. The van der Waals surface area contributed by atoms with Crippen molar-refractivity contribution in [1.82, 2.24) is 0 Å². The van der Waals surface area contributed by atoms with Crippen molar-refractivity contribution < 1.29 is 9.90 Å². The highest BCUT2D eigenvalue weighted by molar-refractivity contribution is 5.96. The maximum Gasteiger partial charge on any atom is 0.336 e. The Labute approximate surface area is 121 Å². The summed E-state index contributed by atoms with van der Waals surface area (Å²) in [5.74, 6) is -0.981. The molecule has 0 amide bonds. The summed E-state index contributed by atoms with van der Waals surface area (Å²) in [5, 5.41) is 26.6. The molecule has 0 fully saturated rings. The van der Waals surface area contributed by atoms with E-state index in [2.05, 4.69) is 0 Å². The largest absolute Gasteiger partial charge is 0.478 e. The van der Waals surface area contributed by atoms with Gasteiger partial charge in [0.1, 0.15) is 17.7 Å². The zero-order chi connectivity index (χ0) is 15.2. The van der Waals surface area contributed by atoms with Crippen LogP contribution in [0, 0.1) is 22.7 Å². The van der Waals surface area contributed by atoms with E-state index in [4.69, 9.17) is 10.5 Å². The van der Waals surface area contributed by atoms with Gasteiger partial charge in [-0.25, -0.2) is 4.79 Å². The fourth-order valence-electron chi connectivity index (χ4n) is 1.94. The molecule has 0 atom stereocenters. The molecule has 0 aliphatic rings. The van der Waals surface area contributed by atoms with E-state index in [1.165, 1.54) is 6.08 Å². The first-order valence-corrected chi connectivity index (χ1v) is 6.10. The molecule has 0 saturated carbocycles. The molecule has 0 aromatic heterocycles. The summed E-state index contributed by atoms with van der Waals surface area (Å²) in [6, 6.07) is 17.3. The van der Waals surface area contributed by atoms with Crippen LogP contribution in [0.1, 0.15) is 15.9 Å². The maximum atomic E-state index is 11.2. The lowest BCUT2D eigenvalue weighted by atomic mass is 9.98. The molecule has 0 bridgehead atoms. The average molecular weight is 274 g/mol. The third-order valence-electron chi connectivity index (χ3n) is 2.93. The predicted molar refractivity (Wildman–Crippen MR) is 78.0 cm³/mol. The minimum absolute atomic E-state index is 0.0219. The minimum Gasteiger partial charge on any atom is -0.478 e. The number of aromatic carboxylic acids is 1. The first kappa shape index (κ1) is 14.0. The van der Waals surface area contributed by atoms with E-state index >= 15 is 0 Å². The molecule has 0 spiro atoms. The monoisotopic (exact) mass is 274 g/mol. The van der Waals surface area contributed by atoms with E-state index in [1.807, 2.05) is 0 Å². The van der Waals surface area contributed by atoms with Crippen LogP contribution in [0.25, 0.3) is 17.2 Å². The highest BCUT2D eigenvalue weighted by Gasteiger charge is 2.10. The molecule has 0 unspecified atom stereocenters. The predicted octanol–water partition coefficient (Wildman–Crippen LogP) is 3.48. The van der Waals surface area contributed by atoms with Gasteiger partial charge in [-0.1, -0.05) is 42.5 Å². The van der Waals surface area contributed by atoms with Gasteiger partial charge in [0.25, 0.3) is 0 Å². The van der Waals surface area contributed by atoms with Gasteiger partial charge in [-0.15, -0.1) is 0 Å². The summed E-state index contributed by atoms with van der Waals surface area (Å²) < 4.78 is 0. The first-order chi connectivity index (χ1) is 10.2. The first-order valence-electron chi connectivity index (χ1n) is 6.10. The van der Waals surface area contributed by atoms with Crippen LogP contribution >= 0.6 is 0 Å². The number of carbonyl (C=O) groups is 1. The van der Waals surface area contributed by atoms with Gasteiger partial charge in [-0.05, 0) is 28.8 Å². The number of nitriles is 2. The molecule has 2 aromatic carbocycles. The summed E-state index contributed by atoms with van der Waals surface area (Å²) in [4.78, 5) is 11.2. The van der Waals surface area contributed by atoms with Crippen LogP contribution in [-0.4, -0.2) is 11.1 Å². The molecular weight excluding hydrogens is 264 g/mol. The normalized spacial score (nSPS) is 9.24. The van der Waals surface area contributed by atoms with E-state index in [1.54, 1.807) is 60.7 Å². The van der Waals surface area contributed by atoms with Crippen molar-refractivity contribution in [2.75, 3.05) is 0 Å². The summed E-state index contributed by atoms with van der Waals surface area (Å²) in [5.41, 5.74) is 2.36. The summed E-state index contributed by atoms with van der Waals surface area (Å²) >= 11 is 0. The van der Waals surface area contributed by atoms with Gasteiger partial charge in [0.15, 0.2) is 0 Å². The van der Waals surface area contributed by atoms with E-state index in [9.17, 15) is 9.90 Å². The third kappa shape index (κ3) is 3.15.